The molecule has 0 radical (unpaired) electrons. The second-order valence-corrected chi connectivity index (χ2v) is 38.2. The Kier molecular flexibility index (Phi) is 21.5. The third-order valence-electron chi connectivity index (χ3n) is 29.6. The number of fused-ring (bicyclic) bond motifs is 16. The average molecular weight is 1860 g/mol. The SMILES string of the molecule is Cc1ccc2c(-c3ccccc3)c3cc(-c4cccc(-c5cccc6c5oc5ccccc56)c4)ccc3c(-c3ccccc3)c2c1.c1ccc(-c2c3ccccc3c(-c3ccc4ccccc4c3)c3ccc(-c4cccc(-c5cccc6c5oc5ccccc56)c4)cc23)cc1.c1ccc(-c2cccc(-c3c4ccccc4c(-c4ccccc4)c4cc(-c5cccc(-c6cccc7c6oc6ccccc67)c5)ccc34)c2)cc1. The molecule has 0 bridgehead atoms. The summed E-state index contributed by atoms with van der Waals surface area (Å²) in [4.78, 5) is 0. The van der Waals surface area contributed by atoms with Gasteiger partial charge in [0.2, 0.25) is 0 Å². The molecule has 0 unspecified atom stereocenters. The van der Waals surface area contributed by atoms with Crippen LogP contribution in [0.2, 0.25) is 0 Å². The Labute approximate surface area is 845 Å². The van der Waals surface area contributed by atoms with Gasteiger partial charge < -0.3 is 13.3 Å². The van der Waals surface area contributed by atoms with E-state index < -0.39 is 0 Å². The van der Waals surface area contributed by atoms with Crippen molar-refractivity contribution < 1.29 is 13.3 Å². The Morgan fingerprint density at radius 3 is 0.705 bits per heavy atom. The largest absolute Gasteiger partial charge is 0.455 e. The van der Waals surface area contributed by atoms with Gasteiger partial charge >= 0.3 is 0 Å². The summed E-state index contributed by atoms with van der Waals surface area (Å²) < 4.78 is 19.3. The van der Waals surface area contributed by atoms with Gasteiger partial charge in [0.05, 0.1) is 0 Å². The van der Waals surface area contributed by atoms with Crippen molar-refractivity contribution >= 4 is 141 Å². The first-order chi connectivity index (χ1) is 72.3. The molecular weight excluding hydrogens is 1770 g/mol. The molecule has 3 heteroatoms. The van der Waals surface area contributed by atoms with Crippen LogP contribution in [-0.4, -0.2) is 0 Å². The Hall–Kier alpha value is -19.1. The predicted molar refractivity (Wildman–Crippen MR) is 619 cm³/mol. The molecule has 0 spiro atoms. The van der Waals surface area contributed by atoms with Crippen LogP contribution >= 0.6 is 0 Å². The summed E-state index contributed by atoms with van der Waals surface area (Å²) in [5.74, 6) is 0. The molecule has 3 aromatic heterocycles. The van der Waals surface area contributed by atoms with Gasteiger partial charge in [0.1, 0.15) is 33.5 Å². The summed E-state index contributed by atoms with van der Waals surface area (Å²) >= 11 is 0. The van der Waals surface area contributed by atoms with Crippen molar-refractivity contribution in [1.29, 1.82) is 0 Å². The smallest absolute Gasteiger partial charge is 0.143 e. The highest BCUT2D eigenvalue weighted by Crippen LogP contribution is 2.52. The minimum Gasteiger partial charge on any atom is -0.455 e. The molecular formula is C143H92O3. The van der Waals surface area contributed by atoms with Crippen LogP contribution in [-0.2, 0) is 0 Å². The lowest BCUT2D eigenvalue weighted by atomic mass is 9.84. The van der Waals surface area contributed by atoms with Gasteiger partial charge in [-0.25, -0.2) is 0 Å². The Morgan fingerprint density at radius 1 is 0.116 bits per heavy atom. The maximum absolute atomic E-state index is 6.44. The average Bonchev–Trinajstić information content (AvgIpc) is 1.20. The van der Waals surface area contributed by atoms with Crippen LogP contribution < -0.4 is 0 Å². The molecule has 146 heavy (non-hydrogen) atoms. The van der Waals surface area contributed by atoms with Crippen molar-refractivity contribution in [3.63, 3.8) is 0 Å². The number of rotatable bonds is 13. The monoisotopic (exact) mass is 1860 g/mol. The zero-order chi connectivity index (χ0) is 96.7. The first-order valence-corrected chi connectivity index (χ1v) is 50.2. The third-order valence-corrected chi connectivity index (χ3v) is 29.6. The number of furan rings is 3. The summed E-state index contributed by atoms with van der Waals surface area (Å²) in [5, 5.41) is 24.4. The lowest BCUT2D eigenvalue weighted by Crippen LogP contribution is -1.92. The van der Waals surface area contributed by atoms with Crippen molar-refractivity contribution in [2.24, 2.45) is 0 Å². The highest BCUT2D eigenvalue weighted by molar-refractivity contribution is 6.26. The van der Waals surface area contributed by atoms with Crippen molar-refractivity contribution in [2.45, 2.75) is 6.92 Å². The molecule has 682 valence electrons. The number of benzene rings is 26. The first-order valence-electron chi connectivity index (χ1n) is 50.2. The van der Waals surface area contributed by atoms with E-state index in [4.69, 9.17) is 13.3 Å². The van der Waals surface area contributed by atoms with Crippen molar-refractivity contribution in [3.05, 3.63) is 545 Å². The number of hydrogen-bond donors (Lipinski definition) is 0. The van der Waals surface area contributed by atoms with Gasteiger partial charge in [0.25, 0.3) is 0 Å². The summed E-state index contributed by atoms with van der Waals surface area (Å²) in [6, 6.07) is 195. The van der Waals surface area contributed by atoms with E-state index in [9.17, 15) is 0 Å². The van der Waals surface area contributed by atoms with Crippen LogP contribution in [0.3, 0.4) is 0 Å². The standard InChI is InChI=1S/C50H32O.C48H30O.C45H30O/c1-3-14-33(15-4-1)35-18-12-21-39(31-35)49-43-24-8-7-23-42(43)48(34-16-5-2-6-17-34)46-32-37(28-29-44(46)49)36-19-11-20-38(30-36)40-25-13-26-45-41-22-9-10-27-47(41)51-50(40)45;1-2-13-32(14-3-1)46-40-19-6-7-20-41(40)47(37-25-24-31-12-4-5-15-33(31)29-37)42-27-26-35(30-44(42)46)34-16-10-17-36(28-34)38-21-11-22-43-39-18-8-9-23-45(39)49-48(38)43;1-29-22-24-37-40(26-29)43(30-12-4-2-5-13-30)38-25-23-33(28-41(38)44(37)31-14-6-3-7-15-31)32-16-10-17-34(27-32)35-19-11-20-39-36-18-8-9-21-42(36)46-45(35)39/h1-32H;1-30H;2-28H,1H3. The summed E-state index contributed by atoms with van der Waals surface area (Å²) in [6.07, 6.45) is 0. The number of para-hydroxylation sites is 6. The fourth-order valence-electron chi connectivity index (χ4n) is 22.9. The van der Waals surface area contributed by atoms with Crippen molar-refractivity contribution in [1.82, 2.24) is 0 Å². The first kappa shape index (κ1) is 86.1. The molecule has 0 aliphatic carbocycles. The molecule has 0 aliphatic heterocycles. The lowest BCUT2D eigenvalue weighted by molar-refractivity contribution is 0.669. The van der Waals surface area contributed by atoms with Gasteiger partial charge in [-0.1, -0.05) is 479 Å². The fraction of sp³-hybridized carbons (Fsp3) is 0.00699. The zero-order valence-corrected chi connectivity index (χ0v) is 80.1. The number of aryl methyl sites for hydroxylation is 1. The summed E-state index contributed by atoms with van der Waals surface area (Å²) in [7, 11) is 0. The van der Waals surface area contributed by atoms with Gasteiger partial charge in [-0.05, 0) is 277 Å². The highest BCUT2D eigenvalue weighted by Gasteiger charge is 2.26. The van der Waals surface area contributed by atoms with E-state index in [0.29, 0.717) is 0 Å². The normalized spacial score (nSPS) is 11.6. The zero-order valence-electron chi connectivity index (χ0n) is 80.1. The van der Waals surface area contributed by atoms with E-state index in [1.54, 1.807) is 0 Å². The van der Waals surface area contributed by atoms with E-state index in [1.165, 1.54) is 192 Å². The molecule has 3 nitrogen and oxygen atoms in total. The fourth-order valence-corrected chi connectivity index (χ4v) is 22.9. The Bertz CT molecular complexity index is 10200. The second kappa shape index (κ2) is 36.5. The molecule has 29 rings (SSSR count). The molecule has 0 saturated carbocycles. The molecule has 26 aromatic carbocycles. The highest BCUT2D eigenvalue weighted by atomic mass is 16.3. The quantitative estimate of drug-likeness (QED) is 0.108. The van der Waals surface area contributed by atoms with E-state index in [0.717, 1.165) is 99.2 Å². The van der Waals surface area contributed by atoms with Gasteiger partial charge in [0.15, 0.2) is 0 Å². The van der Waals surface area contributed by atoms with Crippen LogP contribution in [0.5, 0.6) is 0 Å². The molecule has 0 N–H and O–H groups in total. The minimum atomic E-state index is 0.913. The maximum atomic E-state index is 6.44. The molecule has 0 fully saturated rings. The lowest BCUT2D eigenvalue weighted by Gasteiger charge is -2.19. The molecule has 0 atom stereocenters. The van der Waals surface area contributed by atoms with Crippen LogP contribution in [0.15, 0.2) is 553 Å². The second-order valence-electron chi connectivity index (χ2n) is 38.2. The molecule has 29 aromatic rings. The van der Waals surface area contributed by atoms with Gasteiger partial charge in [-0.2, -0.15) is 0 Å². The van der Waals surface area contributed by atoms with Crippen molar-refractivity contribution in [3.8, 4) is 145 Å². The van der Waals surface area contributed by atoms with E-state index in [2.05, 4.69) is 510 Å². The Balaban J connectivity index is 0.000000109. The summed E-state index contributed by atoms with van der Waals surface area (Å²) in [5.41, 5.74) is 38.0. The van der Waals surface area contributed by atoms with Crippen molar-refractivity contribution in [2.75, 3.05) is 0 Å². The Morgan fingerprint density at radius 2 is 0.342 bits per heavy atom. The maximum Gasteiger partial charge on any atom is 0.143 e. The van der Waals surface area contributed by atoms with E-state index in [-0.39, 0.29) is 0 Å². The van der Waals surface area contributed by atoms with E-state index in [1.807, 2.05) is 36.4 Å². The molecule has 0 saturated heterocycles. The topological polar surface area (TPSA) is 39.4 Å². The predicted octanol–water partition coefficient (Wildman–Crippen LogP) is 40.8. The summed E-state index contributed by atoms with van der Waals surface area (Å²) in [6.45, 7) is 2.18. The molecule has 3 heterocycles. The van der Waals surface area contributed by atoms with Crippen LogP contribution in [0.1, 0.15) is 5.56 Å². The molecule has 0 aliphatic rings. The van der Waals surface area contributed by atoms with Crippen LogP contribution in [0.4, 0.5) is 0 Å². The van der Waals surface area contributed by atoms with E-state index >= 15 is 0 Å². The minimum absolute atomic E-state index is 0.913. The third kappa shape index (κ3) is 15.3. The number of hydrogen-bond acceptors (Lipinski definition) is 3. The van der Waals surface area contributed by atoms with Gasteiger partial charge in [0, 0.05) is 49.0 Å². The molecule has 0 amide bonds. The van der Waals surface area contributed by atoms with Gasteiger partial charge in [-0.3, -0.25) is 0 Å². The van der Waals surface area contributed by atoms with Gasteiger partial charge in [-0.15, -0.1) is 0 Å². The van der Waals surface area contributed by atoms with Crippen LogP contribution in [0, 0.1) is 6.92 Å². The van der Waals surface area contributed by atoms with Crippen LogP contribution in [0.25, 0.3) is 286 Å².